The van der Waals surface area contributed by atoms with Crippen molar-refractivity contribution in [1.29, 1.82) is 0 Å². The molecule has 180 valence electrons. The van der Waals surface area contributed by atoms with Gasteiger partial charge in [0.25, 0.3) is 5.91 Å². The molecule has 34 heavy (non-hydrogen) atoms. The summed E-state index contributed by atoms with van der Waals surface area (Å²) in [5, 5.41) is 0.434. The lowest BCUT2D eigenvalue weighted by atomic mass is 10.0. The molecule has 0 saturated carbocycles. The normalized spacial score (nSPS) is 14.3. The van der Waals surface area contributed by atoms with E-state index in [0.29, 0.717) is 16.5 Å². The molecule has 13 heteroatoms. The van der Waals surface area contributed by atoms with E-state index in [1.54, 1.807) is 0 Å². The SMILES string of the molecule is C[C@H](c1ncc(F)cn1)N(CCOC(F)(F)F)C(=O)c1cc2c3c(c(N)nc2cc1F)COC3. The van der Waals surface area contributed by atoms with Gasteiger partial charge in [-0.1, -0.05) is 0 Å². The first-order chi connectivity index (χ1) is 16.0. The van der Waals surface area contributed by atoms with Crippen LogP contribution < -0.4 is 5.73 Å². The summed E-state index contributed by atoms with van der Waals surface area (Å²) in [7, 11) is 0. The van der Waals surface area contributed by atoms with Crippen molar-refractivity contribution in [2.75, 3.05) is 18.9 Å². The Balaban J connectivity index is 1.73. The fraction of sp³-hybridized carbons (Fsp3) is 0.333. The molecule has 1 aromatic carbocycles. The Morgan fingerprint density at radius 2 is 1.88 bits per heavy atom. The lowest BCUT2D eigenvalue weighted by Crippen LogP contribution is -2.38. The number of amides is 1. The molecule has 4 rings (SSSR count). The fourth-order valence-corrected chi connectivity index (χ4v) is 3.72. The third kappa shape index (κ3) is 4.75. The fourth-order valence-electron chi connectivity index (χ4n) is 3.72. The molecule has 0 spiro atoms. The van der Waals surface area contributed by atoms with E-state index in [4.69, 9.17) is 10.5 Å². The van der Waals surface area contributed by atoms with Crippen LogP contribution in [0.4, 0.5) is 27.8 Å². The number of nitrogens with two attached hydrogens (primary N) is 1. The van der Waals surface area contributed by atoms with Crippen molar-refractivity contribution in [3.05, 3.63) is 58.7 Å². The Kier molecular flexibility index (Phi) is 6.32. The van der Waals surface area contributed by atoms with Gasteiger partial charge in [-0.3, -0.25) is 9.53 Å². The van der Waals surface area contributed by atoms with E-state index in [1.165, 1.54) is 13.0 Å². The summed E-state index contributed by atoms with van der Waals surface area (Å²) in [6.07, 6.45) is -3.22. The van der Waals surface area contributed by atoms with Crippen LogP contribution in [0.1, 0.15) is 40.3 Å². The van der Waals surface area contributed by atoms with Crippen molar-refractivity contribution >= 4 is 22.6 Å². The van der Waals surface area contributed by atoms with Gasteiger partial charge in [0.2, 0.25) is 0 Å². The smallest absolute Gasteiger partial charge is 0.383 e. The minimum atomic E-state index is -4.93. The largest absolute Gasteiger partial charge is 0.522 e. The summed E-state index contributed by atoms with van der Waals surface area (Å²) in [6, 6.07) is 1.27. The number of anilines is 1. The Morgan fingerprint density at radius 3 is 2.56 bits per heavy atom. The number of fused-ring (bicyclic) bond motifs is 3. The number of nitrogens with zero attached hydrogens (tertiary/aromatic N) is 4. The molecule has 0 bridgehead atoms. The van der Waals surface area contributed by atoms with Crippen molar-refractivity contribution < 1.29 is 36.2 Å². The predicted octanol–water partition coefficient (Wildman–Crippen LogP) is 3.66. The van der Waals surface area contributed by atoms with E-state index >= 15 is 0 Å². The second-order valence-electron chi connectivity index (χ2n) is 7.52. The third-order valence-corrected chi connectivity index (χ3v) is 5.39. The minimum absolute atomic E-state index is 0.0494. The highest BCUT2D eigenvalue weighted by Crippen LogP contribution is 2.33. The van der Waals surface area contributed by atoms with E-state index in [0.717, 1.165) is 23.4 Å². The molecule has 3 heterocycles. The van der Waals surface area contributed by atoms with Crippen molar-refractivity contribution in [2.45, 2.75) is 32.5 Å². The molecule has 0 radical (unpaired) electrons. The number of halogens is 5. The molecular formula is C21H18F5N5O3. The van der Waals surface area contributed by atoms with Gasteiger partial charge in [0.1, 0.15) is 11.6 Å². The first-order valence-corrected chi connectivity index (χ1v) is 10.0. The highest BCUT2D eigenvalue weighted by Gasteiger charge is 2.32. The van der Waals surface area contributed by atoms with Crippen molar-refractivity contribution in [3.63, 3.8) is 0 Å². The lowest BCUT2D eigenvalue weighted by Gasteiger charge is -2.28. The van der Waals surface area contributed by atoms with Crippen molar-refractivity contribution in [1.82, 2.24) is 19.9 Å². The number of benzene rings is 1. The molecule has 1 atom stereocenters. The number of hydrogen-bond acceptors (Lipinski definition) is 7. The van der Waals surface area contributed by atoms with Crippen LogP contribution >= 0.6 is 0 Å². The molecule has 8 nitrogen and oxygen atoms in total. The second-order valence-corrected chi connectivity index (χ2v) is 7.52. The monoisotopic (exact) mass is 483 g/mol. The number of ether oxygens (including phenoxy) is 2. The summed E-state index contributed by atoms with van der Waals surface area (Å²) in [5.41, 5.74) is 6.98. The van der Waals surface area contributed by atoms with Crippen LogP contribution in [0.15, 0.2) is 24.5 Å². The zero-order valence-corrected chi connectivity index (χ0v) is 17.7. The van der Waals surface area contributed by atoms with Crippen LogP contribution in [0.5, 0.6) is 0 Å². The summed E-state index contributed by atoms with van der Waals surface area (Å²) in [6.45, 7) is 0.326. The Morgan fingerprint density at radius 1 is 1.21 bits per heavy atom. The summed E-state index contributed by atoms with van der Waals surface area (Å²) in [4.78, 5) is 26.0. The quantitative estimate of drug-likeness (QED) is 0.534. The maximum Gasteiger partial charge on any atom is 0.522 e. The molecular weight excluding hydrogens is 465 g/mol. The number of aromatic nitrogens is 3. The topological polar surface area (TPSA) is 103 Å². The summed E-state index contributed by atoms with van der Waals surface area (Å²) >= 11 is 0. The minimum Gasteiger partial charge on any atom is -0.383 e. The average molecular weight is 483 g/mol. The number of hydrogen-bond donors (Lipinski definition) is 1. The highest BCUT2D eigenvalue weighted by atomic mass is 19.4. The Bertz CT molecular complexity index is 1240. The molecule has 2 N–H and O–H groups in total. The van der Waals surface area contributed by atoms with Crippen LogP contribution in [0.3, 0.4) is 0 Å². The van der Waals surface area contributed by atoms with Gasteiger partial charge in [0.15, 0.2) is 11.6 Å². The van der Waals surface area contributed by atoms with Crippen LogP contribution in [-0.4, -0.2) is 45.3 Å². The van der Waals surface area contributed by atoms with Gasteiger partial charge in [-0.25, -0.2) is 23.7 Å². The van der Waals surface area contributed by atoms with Gasteiger partial charge in [0, 0.05) is 23.6 Å². The predicted molar refractivity (Wildman–Crippen MR) is 108 cm³/mol. The lowest BCUT2D eigenvalue weighted by molar-refractivity contribution is -0.324. The van der Waals surface area contributed by atoms with E-state index in [2.05, 4.69) is 19.7 Å². The number of carbonyl (C=O) groups excluding carboxylic acids is 1. The summed E-state index contributed by atoms with van der Waals surface area (Å²) < 4.78 is 75.0. The maximum absolute atomic E-state index is 15.0. The zero-order valence-electron chi connectivity index (χ0n) is 17.7. The van der Waals surface area contributed by atoms with E-state index < -0.39 is 48.7 Å². The van der Waals surface area contributed by atoms with Crippen LogP contribution in [-0.2, 0) is 22.7 Å². The molecule has 3 aromatic rings. The van der Waals surface area contributed by atoms with E-state index in [1.807, 2.05) is 0 Å². The molecule has 1 amide bonds. The Labute approximate surface area is 189 Å². The van der Waals surface area contributed by atoms with Crippen LogP contribution in [0.2, 0.25) is 0 Å². The number of nitrogen functional groups attached to an aromatic ring is 1. The van der Waals surface area contributed by atoms with Crippen LogP contribution in [0.25, 0.3) is 10.9 Å². The number of pyridine rings is 1. The summed E-state index contributed by atoms with van der Waals surface area (Å²) in [5.74, 6) is -2.48. The third-order valence-electron chi connectivity index (χ3n) is 5.39. The van der Waals surface area contributed by atoms with Gasteiger partial charge >= 0.3 is 6.36 Å². The van der Waals surface area contributed by atoms with Crippen LogP contribution in [0, 0.1) is 11.6 Å². The molecule has 1 aliphatic heterocycles. The van der Waals surface area contributed by atoms with Crippen molar-refractivity contribution in [3.8, 4) is 0 Å². The van der Waals surface area contributed by atoms with E-state index in [-0.39, 0.29) is 30.4 Å². The number of alkyl halides is 3. The molecule has 0 unspecified atom stereocenters. The average Bonchev–Trinajstić information content (AvgIpc) is 3.26. The van der Waals surface area contributed by atoms with Gasteiger partial charge in [-0.2, -0.15) is 0 Å². The molecule has 2 aromatic heterocycles. The Hall–Kier alpha value is -3.45. The second kappa shape index (κ2) is 9.06. The molecule has 0 aliphatic carbocycles. The number of carbonyl (C=O) groups is 1. The standard InChI is InChI=1S/C21H18F5N5O3/c1-10(19-28-6-11(22)7-29-19)31(2-3-34-21(24,25)26)20(32)13-4-12-14-8-33-9-15(14)18(27)30-17(12)5-16(13)23/h4-7,10H,2-3,8-9H2,1H3,(H2,27,30)/t10-/m1/s1. The van der Waals surface area contributed by atoms with Crippen molar-refractivity contribution in [2.24, 2.45) is 0 Å². The van der Waals surface area contributed by atoms with Gasteiger partial charge in [0.05, 0.1) is 49.3 Å². The first kappa shape index (κ1) is 23.7. The van der Waals surface area contributed by atoms with Gasteiger partial charge < -0.3 is 15.4 Å². The first-order valence-electron chi connectivity index (χ1n) is 10.0. The molecule has 0 saturated heterocycles. The number of rotatable bonds is 6. The van der Waals surface area contributed by atoms with Gasteiger partial charge in [-0.05, 0) is 18.6 Å². The molecule has 1 aliphatic rings. The molecule has 0 fully saturated rings. The zero-order chi connectivity index (χ0) is 24.6. The van der Waals surface area contributed by atoms with Gasteiger partial charge in [-0.15, -0.1) is 13.2 Å². The maximum atomic E-state index is 15.0. The van der Waals surface area contributed by atoms with E-state index in [9.17, 15) is 26.7 Å². The highest BCUT2D eigenvalue weighted by molar-refractivity contribution is 5.99.